The molecule has 5 rings (SSSR count). The van der Waals surface area contributed by atoms with Crippen molar-refractivity contribution in [3.63, 3.8) is 0 Å². The van der Waals surface area contributed by atoms with Gasteiger partial charge in [0.25, 0.3) is 11.8 Å². The number of barbiturate groups is 1. The second-order valence-electron chi connectivity index (χ2n) is 8.95. The molecule has 0 atom stereocenters. The van der Waals surface area contributed by atoms with Crippen LogP contribution >= 0.6 is 0 Å². The van der Waals surface area contributed by atoms with Crippen LogP contribution in [0.15, 0.2) is 90.5 Å². The fourth-order valence-electron chi connectivity index (χ4n) is 4.49. The lowest BCUT2D eigenvalue weighted by Crippen LogP contribution is -2.54. The zero-order valence-electron chi connectivity index (χ0n) is 22.2. The Morgan fingerprint density at radius 2 is 1.52 bits per heavy atom. The van der Waals surface area contributed by atoms with Gasteiger partial charge in [0, 0.05) is 0 Å². The van der Waals surface area contributed by atoms with Gasteiger partial charge in [-0.2, -0.15) is 0 Å². The third-order valence-corrected chi connectivity index (χ3v) is 6.35. The van der Waals surface area contributed by atoms with Gasteiger partial charge in [0.1, 0.15) is 17.9 Å². The molecule has 0 aromatic heterocycles. The van der Waals surface area contributed by atoms with E-state index in [4.69, 9.17) is 14.2 Å². The van der Waals surface area contributed by atoms with Gasteiger partial charge < -0.3 is 14.2 Å². The maximum atomic E-state index is 13.3. The van der Waals surface area contributed by atoms with Crippen LogP contribution in [0.25, 0.3) is 16.8 Å². The van der Waals surface area contributed by atoms with E-state index in [-0.39, 0.29) is 5.57 Å². The van der Waals surface area contributed by atoms with Gasteiger partial charge in [-0.05, 0) is 78.2 Å². The Morgan fingerprint density at radius 3 is 2.30 bits per heavy atom. The van der Waals surface area contributed by atoms with Crippen molar-refractivity contribution < 1.29 is 28.6 Å². The summed E-state index contributed by atoms with van der Waals surface area (Å²) < 4.78 is 17.4. The van der Waals surface area contributed by atoms with Crippen molar-refractivity contribution in [1.82, 2.24) is 5.32 Å². The highest BCUT2D eigenvalue weighted by Crippen LogP contribution is 2.32. The number of nitrogens with zero attached hydrogens (tertiary/aromatic N) is 1. The molecule has 4 aromatic carbocycles. The first-order valence-electron chi connectivity index (χ1n) is 13.0. The molecule has 1 fully saturated rings. The molecule has 0 saturated carbocycles. The van der Waals surface area contributed by atoms with Crippen LogP contribution in [0.3, 0.4) is 0 Å². The number of carbonyl (C=O) groups is 3. The van der Waals surface area contributed by atoms with Gasteiger partial charge in [-0.3, -0.25) is 14.9 Å². The maximum absolute atomic E-state index is 13.3. The van der Waals surface area contributed by atoms with E-state index in [1.165, 1.54) is 6.08 Å². The monoisotopic (exact) mass is 536 g/mol. The predicted molar refractivity (Wildman–Crippen MR) is 153 cm³/mol. The van der Waals surface area contributed by atoms with Crippen molar-refractivity contribution in [1.29, 1.82) is 0 Å². The van der Waals surface area contributed by atoms with Crippen LogP contribution in [-0.4, -0.2) is 31.1 Å². The number of urea groups is 1. The third kappa shape index (κ3) is 5.51. The summed E-state index contributed by atoms with van der Waals surface area (Å²) in [4.78, 5) is 39.4. The van der Waals surface area contributed by atoms with E-state index in [2.05, 4.69) is 23.5 Å². The van der Waals surface area contributed by atoms with E-state index in [0.717, 1.165) is 21.2 Å². The molecule has 1 heterocycles. The Kier molecular flexibility index (Phi) is 7.77. The fourth-order valence-corrected chi connectivity index (χ4v) is 4.49. The van der Waals surface area contributed by atoms with Crippen LogP contribution in [0.4, 0.5) is 10.5 Å². The third-order valence-electron chi connectivity index (χ3n) is 6.35. The van der Waals surface area contributed by atoms with Crippen LogP contribution in [0.2, 0.25) is 0 Å². The van der Waals surface area contributed by atoms with Crippen LogP contribution in [0.1, 0.15) is 25.0 Å². The van der Waals surface area contributed by atoms with Crippen LogP contribution in [-0.2, 0) is 16.2 Å². The SMILES string of the molecule is CCOc1ccc(N2C(=O)NC(=O)/C(=C\c3ccc(OCc4cccc5ccccc45)c(OCC)c3)C2=O)cc1. The van der Waals surface area contributed by atoms with E-state index in [9.17, 15) is 14.4 Å². The molecule has 0 spiro atoms. The molecule has 0 unspecified atom stereocenters. The summed E-state index contributed by atoms with van der Waals surface area (Å²) in [5, 5.41) is 4.48. The second kappa shape index (κ2) is 11.7. The molecule has 8 nitrogen and oxygen atoms in total. The van der Waals surface area contributed by atoms with Crippen molar-refractivity contribution in [2.45, 2.75) is 20.5 Å². The summed E-state index contributed by atoms with van der Waals surface area (Å²) in [6, 6.07) is 25.0. The summed E-state index contributed by atoms with van der Waals surface area (Å²) in [5.74, 6) is 0.107. The van der Waals surface area contributed by atoms with Crippen molar-refractivity contribution in [3.05, 3.63) is 102 Å². The number of hydrogen-bond donors (Lipinski definition) is 1. The molecule has 4 aromatic rings. The Balaban J connectivity index is 1.40. The lowest BCUT2D eigenvalue weighted by Gasteiger charge is -2.26. The quantitative estimate of drug-likeness (QED) is 0.212. The number of benzene rings is 4. The number of amides is 4. The van der Waals surface area contributed by atoms with Gasteiger partial charge >= 0.3 is 6.03 Å². The summed E-state index contributed by atoms with van der Waals surface area (Å²) in [7, 11) is 0. The molecule has 4 amide bonds. The van der Waals surface area contributed by atoms with Gasteiger partial charge in [-0.25, -0.2) is 9.69 Å². The van der Waals surface area contributed by atoms with E-state index in [1.807, 2.05) is 38.1 Å². The topological polar surface area (TPSA) is 94.2 Å². The Labute approximate surface area is 231 Å². The van der Waals surface area contributed by atoms with E-state index in [0.29, 0.717) is 48.3 Å². The first-order valence-corrected chi connectivity index (χ1v) is 13.0. The Hall–Kier alpha value is -5.11. The molecule has 0 radical (unpaired) electrons. The molecule has 8 heteroatoms. The minimum Gasteiger partial charge on any atom is -0.494 e. The number of hydrogen-bond acceptors (Lipinski definition) is 6. The highest BCUT2D eigenvalue weighted by atomic mass is 16.5. The summed E-state index contributed by atoms with van der Waals surface area (Å²) in [6.45, 7) is 4.93. The lowest BCUT2D eigenvalue weighted by molar-refractivity contribution is -0.122. The molecule has 40 heavy (non-hydrogen) atoms. The first-order chi connectivity index (χ1) is 19.5. The number of fused-ring (bicyclic) bond motifs is 1. The summed E-state index contributed by atoms with van der Waals surface area (Å²) >= 11 is 0. The largest absolute Gasteiger partial charge is 0.494 e. The average Bonchev–Trinajstić information content (AvgIpc) is 2.96. The van der Waals surface area contributed by atoms with E-state index < -0.39 is 17.8 Å². The maximum Gasteiger partial charge on any atom is 0.335 e. The van der Waals surface area contributed by atoms with Crippen molar-refractivity contribution in [3.8, 4) is 17.2 Å². The molecule has 0 aliphatic carbocycles. The minimum absolute atomic E-state index is 0.180. The number of anilines is 1. The average molecular weight is 537 g/mol. The zero-order chi connectivity index (χ0) is 28.1. The normalized spacial score (nSPS) is 14.4. The van der Waals surface area contributed by atoms with Crippen molar-refractivity contribution >= 4 is 40.4 Å². The van der Waals surface area contributed by atoms with Crippen molar-refractivity contribution in [2.75, 3.05) is 18.1 Å². The first kappa shape index (κ1) is 26.5. The van der Waals surface area contributed by atoms with E-state index in [1.54, 1.807) is 42.5 Å². The highest BCUT2D eigenvalue weighted by Gasteiger charge is 2.36. The second-order valence-corrected chi connectivity index (χ2v) is 8.95. The molecule has 1 aliphatic rings. The van der Waals surface area contributed by atoms with Crippen LogP contribution in [0.5, 0.6) is 17.2 Å². The van der Waals surface area contributed by atoms with E-state index >= 15 is 0 Å². The highest BCUT2D eigenvalue weighted by molar-refractivity contribution is 6.39. The Bertz CT molecular complexity index is 1600. The zero-order valence-corrected chi connectivity index (χ0v) is 22.2. The minimum atomic E-state index is -0.816. The standard InChI is InChI=1S/C32H28N2O6/c1-3-38-25-15-13-24(14-16-25)34-31(36)27(30(35)33-32(34)37)18-21-12-17-28(29(19-21)39-4-2)40-20-23-10-7-9-22-8-5-6-11-26(22)23/h5-19H,3-4,20H2,1-2H3,(H,33,35,37)/b27-18+. The fraction of sp³-hybridized carbons (Fsp3) is 0.156. The lowest BCUT2D eigenvalue weighted by atomic mass is 10.1. The summed E-state index contributed by atoms with van der Waals surface area (Å²) in [5.41, 5.74) is 1.72. The van der Waals surface area contributed by atoms with Gasteiger partial charge in [0.2, 0.25) is 0 Å². The molecule has 1 aliphatic heterocycles. The predicted octanol–water partition coefficient (Wildman–Crippen LogP) is 5.88. The number of imide groups is 2. The van der Waals surface area contributed by atoms with Gasteiger partial charge in [0.05, 0.1) is 18.9 Å². The molecule has 1 saturated heterocycles. The van der Waals surface area contributed by atoms with Crippen LogP contribution < -0.4 is 24.4 Å². The molecular weight excluding hydrogens is 508 g/mol. The number of ether oxygens (including phenoxy) is 3. The van der Waals surface area contributed by atoms with Gasteiger partial charge in [0.15, 0.2) is 11.5 Å². The summed E-state index contributed by atoms with van der Waals surface area (Å²) in [6.07, 6.45) is 1.43. The van der Waals surface area contributed by atoms with Gasteiger partial charge in [-0.15, -0.1) is 0 Å². The smallest absolute Gasteiger partial charge is 0.335 e. The Morgan fingerprint density at radius 1 is 0.775 bits per heavy atom. The number of nitrogens with one attached hydrogen (secondary N) is 1. The number of carbonyl (C=O) groups excluding carboxylic acids is 3. The van der Waals surface area contributed by atoms with Gasteiger partial charge in [-0.1, -0.05) is 48.5 Å². The number of rotatable bonds is 9. The molecular formula is C32H28N2O6. The van der Waals surface area contributed by atoms with Crippen molar-refractivity contribution in [2.24, 2.45) is 0 Å². The molecule has 202 valence electrons. The molecule has 0 bridgehead atoms. The van der Waals surface area contributed by atoms with Crippen LogP contribution in [0, 0.1) is 0 Å². The molecule has 1 N–H and O–H groups in total.